The highest BCUT2D eigenvalue weighted by atomic mass is 16.5. The summed E-state index contributed by atoms with van der Waals surface area (Å²) in [4.78, 5) is 27.7. The van der Waals surface area contributed by atoms with Gasteiger partial charge in [0.1, 0.15) is 18.0 Å². The number of furan rings is 1. The molecule has 0 saturated heterocycles. The predicted octanol–water partition coefficient (Wildman–Crippen LogP) is 1.73. The standard InChI is InChI=1S/C24H28N2O6/c1-2-5-20(28)26(13-15-8-11-31-14-15)18-12-17(24(30)25-9-10-27)21-16-6-3-4-7-19(16)32-23(21)22(18)29/h3-4,6-8,11-12,14,18,21-23,27,29H,2,5,9-10,13H2,1H3,(H,25,30). The van der Waals surface area contributed by atoms with Gasteiger partial charge in [-0.1, -0.05) is 25.1 Å². The van der Waals surface area contributed by atoms with Gasteiger partial charge in [-0.15, -0.1) is 0 Å². The largest absolute Gasteiger partial charge is 0.486 e. The van der Waals surface area contributed by atoms with E-state index >= 15 is 0 Å². The van der Waals surface area contributed by atoms with Crippen LogP contribution in [-0.2, 0) is 16.1 Å². The first kappa shape index (κ1) is 22.1. The van der Waals surface area contributed by atoms with Gasteiger partial charge in [0.2, 0.25) is 11.8 Å². The quantitative estimate of drug-likeness (QED) is 0.576. The molecule has 4 rings (SSSR count). The number of benzene rings is 1. The molecule has 4 atom stereocenters. The van der Waals surface area contributed by atoms with Gasteiger partial charge in [-0.3, -0.25) is 9.59 Å². The van der Waals surface area contributed by atoms with Crippen molar-refractivity contribution in [3.8, 4) is 5.75 Å². The number of carbonyl (C=O) groups is 2. The Balaban J connectivity index is 1.74. The number of ether oxygens (including phenoxy) is 1. The Hall–Kier alpha value is -3.10. The van der Waals surface area contributed by atoms with Gasteiger partial charge in [0.25, 0.3) is 0 Å². The van der Waals surface area contributed by atoms with Crippen molar-refractivity contribution in [3.05, 3.63) is 65.6 Å². The number of fused-ring (bicyclic) bond motifs is 3. The molecule has 2 heterocycles. The van der Waals surface area contributed by atoms with E-state index in [9.17, 15) is 14.7 Å². The molecule has 170 valence electrons. The molecule has 0 bridgehead atoms. The summed E-state index contributed by atoms with van der Waals surface area (Å²) in [6.45, 7) is 2.08. The van der Waals surface area contributed by atoms with Crippen molar-refractivity contribution < 1.29 is 29.0 Å². The topological polar surface area (TPSA) is 112 Å². The first-order chi connectivity index (χ1) is 15.5. The molecule has 2 aromatic rings. The van der Waals surface area contributed by atoms with Gasteiger partial charge in [-0.05, 0) is 24.6 Å². The Kier molecular flexibility index (Phi) is 6.62. The summed E-state index contributed by atoms with van der Waals surface area (Å²) in [5, 5.41) is 23.2. The second-order valence-electron chi connectivity index (χ2n) is 8.08. The van der Waals surface area contributed by atoms with Crippen LogP contribution in [-0.4, -0.2) is 58.3 Å². The summed E-state index contributed by atoms with van der Waals surface area (Å²) in [6, 6.07) is 8.41. The van der Waals surface area contributed by atoms with Crippen molar-refractivity contribution in [2.75, 3.05) is 13.2 Å². The predicted molar refractivity (Wildman–Crippen MR) is 116 cm³/mol. The van der Waals surface area contributed by atoms with Gasteiger partial charge in [-0.25, -0.2) is 0 Å². The third-order valence-corrected chi connectivity index (χ3v) is 5.95. The van der Waals surface area contributed by atoms with Gasteiger partial charge in [-0.2, -0.15) is 0 Å². The molecule has 3 N–H and O–H groups in total. The zero-order chi connectivity index (χ0) is 22.7. The Bertz CT molecular complexity index is 986. The molecule has 8 nitrogen and oxygen atoms in total. The van der Waals surface area contributed by atoms with Crippen LogP contribution < -0.4 is 10.1 Å². The number of amides is 2. The lowest BCUT2D eigenvalue weighted by atomic mass is 9.77. The van der Waals surface area contributed by atoms with Crippen molar-refractivity contribution in [2.24, 2.45) is 0 Å². The van der Waals surface area contributed by atoms with Crippen LogP contribution in [0.1, 0.15) is 36.8 Å². The maximum Gasteiger partial charge on any atom is 0.247 e. The van der Waals surface area contributed by atoms with Crippen LogP contribution in [0.25, 0.3) is 0 Å². The highest BCUT2D eigenvalue weighted by Crippen LogP contribution is 2.47. The number of rotatable bonds is 8. The number of hydrogen-bond donors (Lipinski definition) is 3. The molecule has 1 aliphatic carbocycles. The monoisotopic (exact) mass is 440 g/mol. The van der Waals surface area contributed by atoms with Gasteiger partial charge in [0, 0.05) is 36.2 Å². The summed E-state index contributed by atoms with van der Waals surface area (Å²) in [5.41, 5.74) is 2.03. The van der Waals surface area contributed by atoms with E-state index in [1.54, 1.807) is 23.3 Å². The van der Waals surface area contributed by atoms with Crippen molar-refractivity contribution in [1.29, 1.82) is 0 Å². The van der Waals surface area contributed by atoms with Crippen LogP contribution in [0.2, 0.25) is 0 Å². The lowest BCUT2D eigenvalue weighted by Crippen LogP contribution is -2.55. The molecular weight excluding hydrogens is 412 g/mol. The zero-order valence-electron chi connectivity index (χ0n) is 17.9. The smallest absolute Gasteiger partial charge is 0.247 e. The minimum Gasteiger partial charge on any atom is -0.486 e. The van der Waals surface area contributed by atoms with E-state index in [0.717, 1.165) is 11.1 Å². The molecule has 0 spiro atoms. The molecule has 1 aromatic carbocycles. The number of para-hydroxylation sites is 1. The molecule has 0 radical (unpaired) electrons. The minimum atomic E-state index is -1.03. The lowest BCUT2D eigenvalue weighted by molar-refractivity contribution is -0.138. The molecule has 2 aliphatic rings. The van der Waals surface area contributed by atoms with E-state index in [0.29, 0.717) is 24.2 Å². The van der Waals surface area contributed by atoms with E-state index in [2.05, 4.69) is 5.32 Å². The summed E-state index contributed by atoms with van der Waals surface area (Å²) in [5.74, 6) is -0.326. The Morgan fingerprint density at radius 1 is 1.22 bits per heavy atom. The zero-order valence-corrected chi connectivity index (χ0v) is 17.9. The summed E-state index contributed by atoms with van der Waals surface area (Å²) in [6.07, 6.45) is 4.00. The maximum atomic E-state index is 13.1. The molecular formula is C24H28N2O6. The first-order valence-corrected chi connectivity index (χ1v) is 10.9. The van der Waals surface area contributed by atoms with E-state index < -0.39 is 24.2 Å². The fraction of sp³-hybridized carbons (Fsp3) is 0.417. The second kappa shape index (κ2) is 9.58. The number of hydrogen-bond acceptors (Lipinski definition) is 6. The lowest BCUT2D eigenvalue weighted by Gasteiger charge is -2.40. The fourth-order valence-corrected chi connectivity index (χ4v) is 4.49. The molecule has 0 fully saturated rings. The Morgan fingerprint density at radius 3 is 2.75 bits per heavy atom. The third-order valence-electron chi connectivity index (χ3n) is 5.95. The number of nitrogens with zero attached hydrogens (tertiary/aromatic N) is 1. The summed E-state index contributed by atoms with van der Waals surface area (Å²) >= 11 is 0. The fourth-order valence-electron chi connectivity index (χ4n) is 4.49. The van der Waals surface area contributed by atoms with Gasteiger partial charge < -0.3 is 29.6 Å². The average Bonchev–Trinajstić information content (AvgIpc) is 3.45. The van der Waals surface area contributed by atoms with E-state index in [4.69, 9.17) is 14.3 Å². The molecule has 4 unspecified atom stereocenters. The highest BCUT2D eigenvalue weighted by Gasteiger charge is 2.50. The second-order valence-corrected chi connectivity index (χ2v) is 8.08. The van der Waals surface area contributed by atoms with Gasteiger partial charge in [0.15, 0.2) is 0 Å². The average molecular weight is 440 g/mol. The molecule has 2 amide bonds. The normalized spacial score (nSPS) is 23.5. The number of aliphatic hydroxyl groups excluding tert-OH is 2. The van der Waals surface area contributed by atoms with E-state index in [1.807, 2.05) is 31.2 Å². The van der Waals surface area contributed by atoms with Crippen molar-refractivity contribution in [2.45, 2.75) is 50.5 Å². The highest BCUT2D eigenvalue weighted by molar-refractivity contribution is 5.96. The van der Waals surface area contributed by atoms with Crippen molar-refractivity contribution in [3.63, 3.8) is 0 Å². The SMILES string of the molecule is CCCC(=O)N(Cc1ccoc1)C1C=C(C(=O)NCCO)C2c3ccccc3OC2C1O. The molecule has 32 heavy (non-hydrogen) atoms. The molecule has 0 saturated carbocycles. The number of nitrogens with one attached hydrogen (secondary N) is 1. The molecule has 8 heteroatoms. The van der Waals surface area contributed by atoms with E-state index in [-0.39, 0.29) is 31.5 Å². The van der Waals surface area contributed by atoms with Crippen LogP contribution in [0.3, 0.4) is 0 Å². The first-order valence-electron chi connectivity index (χ1n) is 10.9. The Morgan fingerprint density at radius 2 is 2.03 bits per heavy atom. The maximum absolute atomic E-state index is 13.1. The number of aliphatic hydroxyl groups is 2. The van der Waals surface area contributed by atoms with Crippen LogP contribution in [0, 0.1) is 0 Å². The van der Waals surface area contributed by atoms with E-state index in [1.165, 1.54) is 6.26 Å². The van der Waals surface area contributed by atoms with Gasteiger partial charge in [0.05, 0.1) is 31.1 Å². The minimum absolute atomic E-state index is 0.108. The molecule has 1 aromatic heterocycles. The van der Waals surface area contributed by atoms with Crippen LogP contribution in [0.5, 0.6) is 5.75 Å². The Labute approximate surface area is 186 Å². The summed E-state index contributed by atoms with van der Waals surface area (Å²) in [7, 11) is 0. The van der Waals surface area contributed by atoms with Crippen molar-refractivity contribution >= 4 is 11.8 Å². The van der Waals surface area contributed by atoms with Gasteiger partial charge >= 0.3 is 0 Å². The van der Waals surface area contributed by atoms with Crippen LogP contribution in [0.15, 0.2) is 58.9 Å². The van der Waals surface area contributed by atoms with Crippen LogP contribution >= 0.6 is 0 Å². The van der Waals surface area contributed by atoms with Crippen molar-refractivity contribution in [1.82, 2.24) is 10.2 Å². The molecule has 1 aliphatic heterocycles. The summed E-state index contributed by atoms with van der Waals surface area (Å²) < 4.78 is 11.2. The number of carbonyl (C=O) groups excluding carboxylic acids is 2. The van der Waals surface area contributed by atoms with Crippen LogP contribution in [0.4, 0.5) is 0 Å². The third kappa shape index (κ3) is 4.16.